The van der Waals surface area contributed by atoms with Crippen LogP contribution in [0.25, 0.3) is 0 Å². The summed E-state index contributed by atoms with van der Waals surface area (Å²) in [6.45, 7) is 0.424. The number of likely N-dealkylation sites (N-methyl/N-ethyl adjacent to an activating group) is 1. The van der Waals surface area contributed by atoms with E-state index in [4.69, 9.17) is 16.3 Å². The zero-order chi connectivity index (χ0) is 25.6. The average molecular weight is 509 g/mol. The molecule has 3 aromatic carbocycles. The lowest BCUT2D eigenvalue weighted by molar-refractivity contribution is -0.534. The number of amides is 1. The molecule has 0 unspecified atom stereocenters. The maximum absolute atomic E-state index is 13.2. The highest BCUT2D eigenvalue weighted by Crippen LogP contribution is 2.52. The van der Waals surface area contributed by atoms with Gasteiger partial charge in [-0.3, -0.25) is 29.9 Å². The number of non-ortho nitro benzene ring substituents is 1. The first-order valence-corrected chi connectivity index (χ1v) is 11.5. The van der Waals surface area contributed by atoms with Crippen molar-refractivity contribution >= 4 is 28.9 Å². The SMILES string of the molecule is CN1C[C@H](c2ccc(OCc3ccc([N+](=O)[O-])cc3)c(Cl)c2)[C@H]([N+](=O)[O-])[C@]12C(=O)Nc1ccccc12. The van der Waals surface area contributed by atoms with Crippen molar-refractivity contribution in [2.24, 2.45) is 0 Å². The third kappa shape index (κ3) is 3.66. The predicted octanol–water partition coefficient (Wildman–Crippen LogP) is 4.35. The van der Waals surface area contributed by atoms with Crippen molar-refractivity contribution in [3.05, 3.63) is 109 Å². The quantitative estimate of drug-likeness (QED) is 0.387. The fourth-order valence-corrected chi connectivity index (χ4v) is 5.56. The van der Waals surface area contributed by atoms with Crippen molar-refractivity contribution in [3.8, 4) is 5.75 Å². The zero-order valence-electron chi connectivity index (χ0n) is 19.1. The molecular formula is C25H21ClN4O6. The topological polar surface area (TPSA) is 128 Å². The highest BCUT2D eigenvalue weighted by atomic mass is 35.5. The van der Waals surface area contributed by atoms with Gasteiger partial charge in [-0.15, -0.1) is 0 Å². The molecule has 11 heteroatoms. The summed E-state index contributed by atoms with van der Waals surface area (Å²) in [6.07, 6.45) is 0. The molecule has 10 nitrogen and oxygen atoms in total. The number of nitro groups is 2. The minimum absolute atomic E-state index is 0.0145. The molecule has 1 fully saturated rings. The van der Waals surface area contributed by atoms with Gasteiger partial charge in [-0.2, -0.15) is 0 Å². The fraction of sp³-hybridized carbons (Fsp3) is 0.240. The molecule has 1 saturated heterocycles. The number of hydrogen-bond donors (Lipinski definition) is 1. The van der Waals surface area contributed by atoms with Gasteiger partial charge in [0.15, 0.2) is 5.54 Å². The molecule has 184 valence electrons. The van der Waals surface area contributed by atoms with E-state index in [1.807, 2.05) is 0 Å². The van der Waals surface area contributed by atoms with Crippen LogP contribution in [-0.4, -0.2) is 40.3 Å². The van der Waals surface area contributed by atoms with Crippen molar-refractivity contribution in [2.45, 2.75) is 24.1 Å². The number of likely N-dealkylation sites (tertiary alicyclic amines) is 1. The zero-order valence-corrected chi connectivity index (χ0v) is 19.8. The highest BCUT2D eigenvalue weighted by molar-refractivity contribution is 6.32. The van der Waals surface area contributed by atoms with Gasteiger partial charge in [0.1, 0.15) is 12.4 Å². The number of nitro benzene ring substituents is 1. The van der Waals surface area contributed by atoms with Gasteiger partial charge in [-0.1, -0.05) is 35.9 Å². The van der Waals surface area contributed by atoms with Crippen LogP contribution in [0.5, 0.6) is 5.75 Å². The smallest absolute Gasteiger partial charge is 0.269 e. The Hall–Kier alpha value is -4.02. The lowest BCUT2D eigenvalue weighted by Crippen LogP contribution is -2.54. The molecule has 5 rings (SSSR count). The third-order valence-electron chi connectivity index (χ3n) is 6.97. The van der Waals surface area contributed by atoms with Crippen LogP contribution in [-0.2, 0) is 16.9 Å². The van der Waals surface area contributed by atoms with Gasteiger partial charge in [0.05, 0.1) is 15.9 Å². The van der Waals surface area contributed by atoms with E-state index >= 15 is 0 Å². The van der Waals surface area contributed by atoms with E-state index in [0.29, 0.717) is 22.6 Å². The Morgan fingerprint density at radius 2 is 1.83 bits per heavy atom. The van der Waals surface area contributed by atoms with Crippen LogP contribution < -0.4 is 10.1 Å². The second kappa shape index (κ2) is 8.89. The van der Waals surface area contributed by atoms with Gasteiger partial charge in [-0.05, 0) is 48.5 Å². The average Bonchev–Trinajstić information content (AvgIpc) is 3.33. The molecule has 1 spiro atoms. The summed E-state index contributed by atoms with van der Waals surface area (Å²) in [5.74, 6) is -0.630. The maximum atomic E-state index is 13.2. The van der Waals surface area contributed by atoms with Crippen LogP contribution in [0, 0.1) is 20.2 Å². The van der Waals surface area contributed by atoms with Crippen molar-refractivity contribution in [1.82, 2.24) is 4.90 Å². The standard InChI is InChI=1S/C25H21ClN4O6/c1-28-13-18(23(30(34)35)25(28)19-4-2-3-5-21(19)27-24(25)31)16-8-11-22(20(26)12-16)36-14-15-6-9-17(10-7-15)29(32)33/h2-12,18,23H,13-14H2,1H3,(H,27,31)/t18-,23+,25-/m1/s1. The van der Waals surface area contributed by atoms with Gasteiger partial charge < -0.3 is 10.1 Å². The number of carbonyl (C=O) groups is 1. The lowest BCUT2D eigenvalue weighted by atomic mass is 9.79. The number of halogens is 1. The molecule has 2 aliphatic rings. The largest absolute Gasteiger partial charge is 0.487 e. The number of hydrogen-bond acceptors (Lipinski definition) is 7. The van der Waals surface area contributed by atoms with E-state index in [9.17, 15) is 25.0 Å². The monoisotopic (exact) mass is 508 g/mol. The molecule has 1 amide bonds. The molecule has 0 saturated carbocycles. The number of rotatable bonds is 6. The van der Waals surface area contributed by atoms with Crippen molar-refractivity contribution in [1.29, 1.82) is 0 Å². The molecule has 0 aliphatic carbocycles. The van der Waals surface area contributed by atoms with Gasteiger partial charge >= 0.3 is 0 Å². The fourth-order valence-electron chi connectivity index (χ4n) is 5.32. The number of benzene rings is 3. The summed E-state index contributed by atoms with van der Waals surface area (Å²) in [6, 6.07) is 16.8. The summed E-state index contributed by atoms with van der Waals surface area (Å²) in [4.78, 5) is 37.4. The molecule has 1 N–H and O–H groups in total. The number of anilines is 1. The molecule has 3 atom stereocenters. The van der Waals surface area contributed by atoms with Crippen LogP contribution in [0.3, 0.4) is 0 Å². The second-order valence-electron chi connectivity index (χ2n) is 8.89. The van der Waals surface area contributed by atoms with E-state index in [2.05, 4.69) is 5.32 Å². The minimum Gasteiger partial charge on any atom is -0.487 e. The van der Waals surface area contributed by atoms with Gasteiger partial charge in [0.2, 0.25) is 0 Å². The van der Waals surface area contributed by atoms with Crippen LogP contribution >= 0.6 is 11.6 Å². The minimum atomic E-state index is -1.43. The van der Waals surface area contributed by atoms with Gasteiger partial charge in [0, 0.05) is 34.9 Å². The number of fused-ring (bicyclic) bond motifs is 2. The van der Waals surface area contributed by atoms with Crippen LogP contribution in [0.2, 0.25) is 5.02 Å². The van der Waals surface area contributed by atoms with E-state index in [1.165, 1.54) is 12.1 Å². The summed E-state index contributed by atoms with van der Waals surface area (Å²) < 4.78 is 5.78. The molecule has 0 radical (unpaired) electrons. The van der Waals surface area contributed by atoms with Crippen LogP contribution in [0.4, 0.5) is 11.4 Å². The highest BCUT2D eigenvalue weighted by Gasteiger charge is 2.68. The molecule has 0 bridgehead atoms. The summed E-state index contributed by atoms with van der Waals surface area (Å²) in [5.41, 5.74) is 1.08. The predicted molar refractivity (Wildman–Crippen MR) is 132 cm³/mol. The Morgan fingerprint density at radius 1 is 1.11 bits per heavy atom. The molecule has 3 aromatic rings. The number of nitrogens with one attached hydrogen (secondary N) is 1. The number of para-hydroxylation sites is 1. The van der Waals surface area contributed by atoms with E-state index in [0.717, 1.165) is 5.56 Å². The summed E-state index contributed by atoms with van der Waals surface area (Å²) in [5, 5.41) is 26.3. The molecule has 0 aromatic heterocycles. The number of nitrogens with zero attached hydrogens (tertiary/aromatic N) is 3. The maximum Gasteiger partial charge on any atom is 0.269 e. The van der Waals surface area contributed by atoms with Crippen LogP contribution in [0.15, 0.2) is 66.7 Å². The first-order valence-electron chi connectivity index (χ1n) is 11.1. The molecule has 2 aliphatic heterocycles. The molecule has 2 heterocycles. The molecular weight excluding hydrogens is 488 g/mol. The van der Waals surface area contributed by atoms with Crippen molar-refractivity contribution in [2.75, 3.05) is 18.9 Å². The van der Waals surface area contributed by atoms with Crippen LogP contribution in [0.1, 0.15) is 22.6 Å². The Bertz CT molecular complexity index is 1380. The van der Waals surface area contributed by atoms with Crippen molar-refractivity contribution < 1.29 is 19.4 Å². The van der Waals surface area contributed by atoms with Gasteiger partial charge in [0.25, 0.3) is 17.6 Å². The normalized spacial score (nSPS) is 22.9. The number of ether oxygens (including phenoxy) is 1. The summed E-state index contributed by atoms with van der Waals surface area (Å²) >= 11 is 6.49. The Balaban J connectivity index is 1.42. The Morgan fingerprint density at radius 3 is 2.50 bits per heavy atom. The van der Waals surface area contributed by atoms with Gasteiger partial charge in [-0.25, -0.2) is 0 Å². The Kier molecular flexibility index (Phi) is 5.85. The van der Waals surface area contributed by atoms with E-state index in [-0.39, 0.29) is 28.8 Å². The van der Waals surface area contributed by atoms with E-state index in [1.54, 1.807) is 66.5 Å². The Labute approximate surface area is 210 Å². The number of carbonyl (C=O) groups excluding carboxylic acids is 1. The third-order valence-corrected chi connectivity index (χ3v) is 7.26. The first kappa shape index (κ1) is 23.7. The second-order valence-corrected chi connectivity index (χ2v) is 9.29. The van der Waals surface area contributed by atoms with Crippen molar-refractivity contribution in [3.63, 3.8) is 0 Å². The van der Waals surface area contributed by atoms with E-state index < -0.39 is 28.3 Å². The molecule has 36 heavy (non-hydrogen) atoms. The lowest BCUT2D eigenvalue weighted by Gasteiger charge is -2.30. The summed E-state index contributed by atoms with van der Waals surface area (Å²) in [7, 11) is 1.72. The first-order chi connectivity index (χ1) is 17.2.